The van der Waals surface area contributed by atoms with Crippen molar-refractivity contribution in [3.05, 3.63) is 41.5 Å². The van der Waals surface area contributed by atoms with Crippen LogP contribution in [0.15, 0.2) is 40.9 Å². The fraction of sp³-hybridized carbons (Fsp3) is 0.167. The van der Waals surface area contributed by atoms with E-state index in [4.69, 9.17) is 5.11 Å². The number of allylic oxidation sites excluding steroid dienone is 1. The molecule has 0 atom stereocenters. The molecule has 0 spiro atoms. The molecule has 0 aliphatic carbocycles. The van der Waals surface area contributed by atoms with Crippen molar-refractivity contribution in [2.45, 2.75) is 13.3 Å². The van der Waals surface area contributed by atoms with Crippen LogP contribution in [-0.4, -0.2) is 16.2 Å². The number of carboxylic acid groups (broad SMARTS) is 1. The lowest BCUT2D eigenvalue weighted by molar-refractivity contribution is -0.132. The second-order valence-electron chi connectivity index (χ2n) is 3.27. The minimum absolute atomic E-state index is 0.348. The summed E-state index contributed by atoms with van der Waals surface area (Å²) >= 11 is 4.49. The summed E-state index contributed by atoms with van der Waals surface area (Å²) in [6.45, 7) is 1.58. The smallest absolute Gasteiger partial charge is 0.330 e. The van der Waals surface area contributed by atoms with Crippen LogP contribution in [0.25, 0.3) is 0 Å². The fourth-order valence-electron chi connectivity index (χ4n) is 1.12. The number of hydrogen-bond donors (Lipinski definition) is 1. The Morgan fingerprint density at radius 2 is 2.12 bits per heavy atom. The molecule has 3 nitrogen and oxygen atoms in total. The number of nitrogens with zero attached hydrogens (tertiary/aromatic N) is 1. The standard InChI is InChI=1S/C12H11NO2S/c1-9(12(14)15)2-3-10-4-6-11(7-5-10)13-8-16/h2,4-7H,3H2,1H3,(H,14,15). The number of hydrogen-bond acceptors (Lipinski definition) is 3. The first-order valence-electron chi connectivity index (χ1n) is 4.70. The first-order chi connectivity index (χ1) is 7.63. The van der Waals surface area contributed by atoms with Gasteiger partial charge < -0.3 is 5.11 Å². The van der Waals surface area contributed by atoms with E-state index in [0.717, 1.165) is 11.3 Å². The maximum Gasteiger partial charge on any atom is 0.330 e. The van der Waals surface area contributed by atoms with Gasteiger partial charge in [0.25, 0.3) is 0 Å². The molecule has 0 aliphatic heterocycles. The highest BCUT2D eigenvalue weighted by Gasteiger charge is 1.98. The van der Waals surface area contributed by atoms with Crippen molar-refractivity contribution < 1.29 is 9.90 Å². The summed E-state index contributed by atoms with van der Waals surface area (Å²) in [6, 6.07) is 7.41. The average Bonchev–Trinajstić information content (AvgIpc) is 2.28. The summed E-state index contributed by atoms with van der Waals surface area (Å²) in [5.74, 6) is -0.887. The first-order valence-corrected chi connectivity index (χ1v) is 5.11. The maximum atomic E-state index is 10.6. The van der Waals surface area contributed by atoms with Crippen LogP contribution in [0.3, 0.4) is 0 Å². The van der Waals surface area contributed by atoms with E-state index in [-0.39, 0.29) is 0 Å². The highest BCUT2D eigenvalue weighted by atomic mass is 32.1. The third-order valence-electron chi connectivity index (χ3n) is 2.09. The minimum atomic E-state index is -0.887. The highest BCUT2D eigenvalue weighted by molar-refractivity contribution is 7.78. The molecule has 1 N–H and O–H groups in total. The van der Waals surface area contributed by atoms with Crippen LogP contribution in [0, 0.1) is 0 Å². The Kier molecular flexibility index (Phi) is 4.58. The van der Waals surface area contributed by atoms with Gasteiger partial charge in [-0.1, -0.05) is 18.2 Å². The van der Waals surface area contributed by atoms with Gasteiger partial charge in [0.1, 0.15) is 0 Å². The first kappa shape index (κ1) is 12.3. The maximum absolute atomic E-state index is 10.6. The number of aliphatic carboxylic acids is 1. The number of benzene rings is 1. The Morgan fingerprint density at radius 3 is 2.62 bits per heavy atom. The van der Waals surface area contributed by atoms with Crippen molar-refractivity contribution in [3.63, 3.8) is 0 Å². The lowest BCUT2D eigenvalue weighted by Crippen LogP contribution is -1.96. The van der Waals surface area contributed by atoms with Crippen LogP contribution >= 0.6 is 12.2 Å². The van der Waals surface area contributed by atoms with Crippen LogP contribution in [0.4, 0.5) is 5.69 Å². The Balaban J connectivity index is 2.73. The van der Waals surface area contributed by atoms with Gasteiger partial charge in [-0.25, -0.2) is 4.79 Å². The Labute approximate surface area is 99.1 Å². The van der Waals surface area contributed by atoms with Crippen LogP contribution in [0.2, 0.25) is 0 Å². The molecule has 0 fully saturated rings. The molecule has 82 valence electrons. The van der Waals surface area contributed by atoms with Crippen molar-refractivity contribution in [1.82, 2.24) is 0 Å². The minimum Gasteiger partial charge on any atom is -0.478 e. The highest BCUT2D eigenvalue weighted by Crippen LogP contribution is 2.13. The van der Waals surface area contributed by atoms with Crippen LogP contribution in [0.1, 0.15) is 12.5 Å². The van der Waals surface area contributed by atoms with Crippen molar-refractivity contribution in [3.8, 4) is 0 Å². The molecule has 16 heavy (non-hydrogen) atoms. The SMILES string of the molecule is CC(=CCc1ccc(N=C=S)cc1)C(=O)O. The number of carboxylic acids is 1. The molecule has 0 amide bonds. The second-order valence-corrected chi connectivity index (χ2v) is 3.45. The van der Waals surface area contributed by atoms with Gasteiger partial charge in [-0.05, 0) is 43.3 Å². The number of isothiocyanates is 1. The Morgan fingerprint density at radius 1 is 1.50 bits per heavy atom. The molecular weight excluding hydrogens is 222 g/mol. The van der Waals surface area contributed by atoms with Crippen molar-refractivity contribution in [2.75, 3.05) is 0 Å². The number of aliphatic imine (C=N–C) groups is 1. The average molecular weight is 233 g/mol. The molecule has 0 aliphatic rings. The summed E-state index contributed by atoms with van der Waals surface area (Å²) < 4.78 is 0. The van der Waals surface area contributed by atoms with Crippen LogP contribution in [-0.2, 0) is 11.2 Å². The lowest BCUT2D eigenvalue weighted by Gasteiger charge is -1.98. The lowest BCUT2D eigenvalue weighted by atomic mass is 10.1. The molecule has 0 saturated carbocycles. The molecule has 0 saturated heterocycles. The van der Waals surface area contributed by atoms with E-state index in [0.29, 0.717) is 12.0 Å². The molecule has 1 rings (SSSR count). The summed E-state index contributed by atoms with van der Waals surface area (Å²) in [7, 11) is 0. The topological polar surface area (TPSA) is 49.7 Å². The second kappa shape index (κ2) is 5.95. The molecule has 4 heteroatoms. The van der Waals surface area contributed by atoms with Gasteiger partial charge >= 0.3 is 5.97 Å². The van der Waals surface area contributed by atoms with Gasteiger partial charge in [-0.2, -0.15) is 4.99 Å². The van der Waals surface area contributed by atoms with Crippen molar-refractivity contribution >= 4 is 29.0 Å². The molecular formula is C12H11NO2S. The zero-order valence-electron chi connectivity index (χ0n) is 8.80. The molecule has 1 aromatic rings. The normalized spacial score (nSPS) is 10.7. The third kappa shape index (κ3) is 3.77. The fourth-order valence-corrected chi connectivity index (χ4v) is 1.22. The Bertz CT molecular complexity index is 456. The van der Waals surface area contributed by atoms with Gasteiger partial charge in [0.2, 0.25) is 0 Å². The Hall–Kier alpha value is -1.77. The van der Waals surface area contributed by atoms with Crippen molar-refractivity contribution in [1.29, 1.82) is 0 Å². The van der Waals surface area contributed by atoms with E-state index in [1.165, 1.54) is 0 Å². The van der Waals surface area contributed by atoms with Crippen LogP contribution in [0.5, 0.6) is 0 Å². The zero-order chi connectivity index (χ0) is 12.0. The van der Waals surface area contributed by atoms with Gasteiger partial charge in [0, 0.05) is 5.57 Å². The predicted octanol–water partition coefficient (Wildman–Crippen LogP) is 2.99. The van der Waals surface area contributed by atoms with Gasteiger partial charge in [-0.3, -0.25) is 0 Å². The molecule has 1 aromatic carbocycles. The van der Waals surface area contributed by atoms with E-state index >= 15 is 0 Å². The van der Waals surface area contributed by atoms with Gasteiger partial charge in [0.05, 0.1) is 10.8 Å². The summed E-state index contributed by atoms with van der Waals surface area (Å²) in [5.41, 5.74) is 2.13. The van der Waals surface area contributed by atoms with E-state index in [2.05, 4.69) is 22.4 Å². The largest absolute Gasteiger partial charge is 0.478 e. The monoisotopic (exact) mass is 233 g/mol. The summed E-state index contributed by atoms with van der Waals surface area (Å²) in [4.78, 5) is 14.4. The molecule has 0 radical (unpaired) electrons. The molecule has 0 bridgehead atoms. The molecule has 0 aromatic heterocycles. The van der Waals surface area contributed by atoms with Crippen molar-refractivity contribution in [2.24, 2.45) is 4.99 Å². The number of carbonyl (C=O) groups is 1. The van der Waals surface area contributed by atoms with E-state index in [1.807, 2.05) is 24.3 Å². The number of rotatable bonds is 4. The summed E-state index contributed by atoms with van der Waals surface area (Å²) in [5, 5.41) is 11.0. The van der Waals surface area contributed by atoms with Crippen LogP contribution < -0.4 is 0 Å². The van der Waals surface area contributed by atoms with E-state index in [9.17, 15) is 4.79 Å². The number of thiocarbonyl (C=S) groups is 1. The quantitative estimate of drug-likeness (QED) is 0.494. The predicted molar refractivity (Wildman–Crippen MR) is 66.2 cm³/mol. The molecule has 0 unspecified atom stereocenters. The third-order valence-corrected chi connectivity index (χ3v) is 2.18. The van der Waals surface area contributed by atoms with Gasteiger partial charge in [0.15, 0.2) is 0 Å². The van der Waals surface area contributed by atoms with E-state index in [1.54, 1.807) is 13.0 Å². The van der Waals surface area contributed by atoms with E-state index < -0.39 is 5.97 Å². The molecule has 0 heterocycles. The zero-order valence-corrected chi connectivity index (χ0v) is 9.62. The summed E-state index contributed by atoms with van der Waals surface area (Å²) in [6.07, 6.45) is 2.28. The van der Waals surface area contributed by atoms with Gasteiger partial charge in [-0.15, -0.1) is 0 Å².